The van der Waals surface area contributed by atoms with Crippen molar-refractivity contribution in [3.05, 3.63) is 70.8 Å². The Morgan fingerprint density at radius 2 is 1.56 bits per heavy atom. The molecule has 1 aliphatic carbocycles. The highest BCUT2D eigenvalue weighted by molar-refractivity contribution is 7.47. The van der Waals surface area contributed by atoms with E-state index in [1.54, 1.807) is 0 Å². The molecule has 3 amide bonds. The lowest BCUT2D eigenvalue weighted by Crippen LogP contribution is -2.38. The van der Waals surface area contributed by atoms with E-state index in [2.05, 4.69) is 31.7 Å². The lowest BCUT2D eigenvalue weighted by atomic mass is 9.92. The van der Waals surface area contributed by atoms with E-state index in [4.69, 9.17) is 9.99 Å². The number of aliphatic hydroxyl groups is 1. The summed E-state index contributed by atoms with van der Waals surface area (Å²) < 4.78 is 25.2. The quantitative estimate of drug-likeness (QED) is 0.0531. The molecule has 1 aliphatic heterocycles. The van der Waals surface area contributed by atoms with Gasteiger partial charge in [0.15, 0.2) is 0 Å². The molecule has 4 atom stereocenters. The van der Waals surface area contributed by atoms with Gasteiger partial charge in [-0.2, -0.15) is 0 Å². The molecule has 0 radical (unpaired) electrons. The van der Waals surface area contributed by atoms with E-state index in [-0.39, 0.29) is 37.8 Å². The van der Waals surface area contributed by atoms with Crippen molar-refractivity contribution < 1.29 is 48.1 Å². The van der Waals surface area contributed by atoms with E-state index in [9.17, 15) is 28.9 Å². The number of phosphoric ester groups is 1. The Morgan fingerprint density at radius 3 is 2.33 bits per heavy atom. The summed E-state index contributed by atoms with van der Waals surface area (Å²) >= 11 is 0. The Hall–Kier alpha value is -3.76. The zero-order chi connectivity index (χ0) is 34.4. The Kier molecular flexibility index (Phi) is 14.4. The van der Waals surface area contributed by atoms with E-state index in [1.807, 2.05) is 48.5 Å². The van der Waals surface area contributed by atoms with Crippen molar-refractivity contribution in [1.29, 1.82) is 0 Å². The topological polar surface area (TPSA) is 184 Å². The maximum atomic E-state index is 12.7. The second-order valence-corrected chi connectivity index (χ2v) is 13.3. The third-order valence-corrected chi connectivity index (χ3v) is 8.98. The van der Waals surface area contributed by atoms with Crippen LogP contribution >= 0.6 is 7.82 Å². The molecule has 1 saturated heterocycles. The number of amides is 3. The number of likely N-dealkylation sites (tertiary alicyclic amines) is 1. The highest BCUT2D eigenvalue weighted by Crippen LogP contribution is 2.42. The van der Waals surface area contributed by atoms with Crippen LogP contribution in [-0.4, -0.2) is 76.5 Å². The molecule has 1 fully saturated rings. The van der Waals surface area contributed by atoms with Crippen molar-refractivity contribution in [3.8, 4) is 11.8 Å². The van der Waals surface area contributed by atoms with E-state index in [0.717, 1.165) is 28.7 Å². The van der Waals surface area contributed by atoms with Gasteiger partial charge in [0.2, 0.25) is 11.8 Å². The number of carbonyl (C=O) groups excluding carboxylic acids is 3. The van der Waals surface area contributed by atoms with Gasteiger partial charge in [-0.15, -0.1) is 4.67 Å². The molecule has 5 N–H and O–H groups in total. The normalized spacial score (nSPS) is 19.4. The first-order chi connectivity index (χ1) is 23.1. The molecule has 2 unspecified atom stereocenters. The van der Waals surface area contributed by atoms with Crippen molar-refractivity contribution in [2.24, 2.45) is 0 Å². The maximum Gasteiger partial charge on any atom is 0.499 e. The number of fused-ring (bicyclic) bond motifs is 2. The smallest absolute Gasteiger partial charge is 0.441 e. The van der Waals surface area contributed by atoms with Gasteiger partial charge in [-0.25, -0.2) is 14.6 Å². The number of rotatable bonds is 17. The van der Waals surface area contributed by atoms with Crippen LogP contribution in [0.2, 0.25) is 0 Å². The van der Waals surface area contributed by atoms with Gasteiger partial charge >= 0.3 is 13.9 Å². The summed E-state index contributed by atoms with van der Waals surface area (Å²) in [7, 11) is -4.61. The molecule has 0 aromatic heterocycles. The van der Waals surface area contributed by atoms with Crippen LogP contribution in [0, 0.1) is 11.8 Å². The summed E-state index contributed by atoms with van der Waals surface area (Å²) in [5.41, 5.74) is 3.68. The van der Waals surface area contributed by atoms with Gasteiger partial charge in [0, 0.05) is 55.6 Å². The monoisotopic (exact) mass is 685 g/mol. The molecule has 14 heteroatoms. The fourth-order valence-corrected chi connectivity index (χ4v) is 6.21. The van der Waals surface area contributed by atoms with Crippen molar-refractivity contribution >= 4 is 25.7 Å². The fourth-order valence-electron chi connectivity index (χ4n) is 5.81. The SMILES string of the molecule is O=C(CCCCCNC(=O)OC1Cc2ccccc2C#Cc2ccccc21)NCCCCCC(=O)N1C[C@H](O)C[C@H]1COP(=O)(O)OO. The minimum absolute atomic E-state index is 0.0494. The number of nitrogens with zero attached hydrogens (tertiary/aromatic N) is 1. The first-order valence-corrected chi connectivity index (χ1v) is 17.8. The number of unbranched alkanes of at least 4 members (excludes halogenated alkanes) is 4. The fraction of sp³-hybridized carbons (Fsp3) is 0.500. The molecule has 4 rings (SSSR count). The number of ether oxygens (including phenoxy) is 1. The average Bonchev–Trinajstić information content (AvgIpc) is 3.45. The van der Waals surface area contributed by atoms with Crippen molar-refractivity contribution in [1.82, 2.24) is 15.5 Å². The third kappa shape index (κ3) is 11.7. The van der Waals surface area contributed by atoms with Crippen molar-refractivity contribution in [3.63, 3.8) is 0 Å². The van der Waals surface area contributed by atoms with Crippen molar-refractivity contribution in [2.45, 2.75) is 82.5 Å². The standard InChI is InChI=1S/C34H44N3O10P/c38-29-22-28(24-45-48(43,44)47-42)37(23-29)33(40)16-4-2-9-19-35-32(39)15-3-1-10-20-36-34(41)46-31-21-27-13-6-5-11-25(27)17-18-26-12-7-8-14-30(26)31/h5-8,11-14,28-29,31,38,42H,1-4,9-10,15-16,19-24H2,(H,35,39)(H,36,41)(H,43,44)/t28-,29+,31?/m0/s1. The second-order valence-electron chi connectivity index (χ2n) is 11.9. The molecule has 1 heterocycles. The molecule has 2 aromatic carbocycles. The number of carbonyl (C=O) groups is 3. The average molecular weight is 686 g/mol. The summed E-state index contributed by atoms with van der Waals surface area (Å²) in [5.74, 6) is 6.17. The number of phosphoric acid groups is 1. The predicted octanol–water partition coefficient (Wildman–Crippen LogP) is 4.22. The molecular formula is C34H44N3O10P. The van der Waals surface area contributed by atoms with Gasteiger partial charge in [0.25, 0.3) is 0 Å². The first-order valence-electron chi connectivity index (χ1n) is 16.3. The van der Waals surface area contributed by atoms with Gasteiger partial charge in [0.1, 0.15) is 6.10 Å². The Labute approximate surface area is 280 Å². The molecule has 0 bridgehead atoms. The Morgan fingerprint density at radius 1 is 0.896 bits per heavy atom. The highest BCUT2D eigenvalue weighted by atomic mass is 31.2. The van der Waals surface area contributed by atoms with Crippen LogP contribution in [0.5, 0.6) is 0 Å². The number of nitrogens with one attached hydrogen (secondary N) is 2. The summed E-state index contributed by atoms with van der Waals surface area (Å²) in [6, 6.07) is 15.0. The van der Waals surface area contributed by atoms with Gasteiger partial charge in [0.05, 0.1) is 18.8 Å². The lowest BCUT2D eigenvalue weighted by molar-refractivity contribution is -0.163. The summed E-state index contributed by atoms with van der Waals surface area (Å²) in [5, 5.41) is 24.0. The Balaban J connectivity index is 1.04. The number of aliphatic hydroxyl groups excluding tert-OH is 1. The molecule has 2 aromatic rings. The second kappa shape index (κ2) is 18.7. The minimum atomic E-state index is -4.61. The summed E-state index contributed by atoms with van der Waals surface area (Å²) in [6.07, 6.45) is 3.76. The molecule has 48 heavy (non-hydrogen) atoms. The molecule has 13 nitrogen and oxygen atoms in total. The number of benzene rings is 2. The summed E-state index contributed by atoms with van der Waals surface area (Å²) in [4.78, 5) is 48.1. The largest absolute Gasteiger partial charge is 0.499 e. The first kappa shape index (κ1) is 37.1. The van der Waals surface area contributed by atoms with Gasteiger partial charge < -0.3 is 30.3 Å². The van der Waals surface area contributed by atoms with Crippen molar-refractivity contribution in [2.75, 3.05) is 26.2 Å². The van der Waals surface area contributed by atoms with Gasteiger partial charge in [-0.05, 0) is 49.8 Å². The minimum Gasteiger partial charge on any atom is -0.441 e. The number of hydrogen-bond acceptors (Lipinski definition) is 9. The van der Waals surface area contributed by atoms with Crippen LogP contribution < -0.4 is 10.6 Å². The predicted molar refractivity (Wildman–Crippen MR) is 175 cm³/mol. The van der Waals surface area contributed by atoms with Gasteiger partial charge in [-0.1, -0.05) is 61.1 Å². The number of β-amino-alcohol motifs (C(OH)–C–C–N with tert-alkyl or cyclic N) is 1. The Bertz CT molecular complexity index is 1510. The molecule has 0 spiro atoms. The third-order valence-electron chi connectivity index (χ3n) is 8.30. The molecular weight excluding hydrogens is 641 g/mol. The van der Waals surface area contributed by atoms with E-state index < -0.39 is 32.2 Å². The number of alkyl carbamates (subject to hydrolysis) is 1. The molecule has 260 valence electrons. The molecule has 0 saturated carbocycles. The zero-order valence-electron chi connectivity index (χ0n) is 26.8. The van der Waals surface area contributed by atoms with Crippen LogP contribution in [-0.2, 0) is 34.5 Å². The lowest BCUT2D eigenvalue weighted by Gasteiger charge is -2.24. The zero-order valence-corrected chi connectivity index (χ0v) is 27.7. The van der Waals surface area contributed by atoms with E-state index in [1.165, 1.54) is 4.90 Å². The van der Waals surface area contributed by atoms with Crippen LogP contribution in [0.15, 0.2) is 48.5 Å². The maximum absolute atomic E-state index is 12.7. The van der Waals surface area contributed by atoms with Gasteiger partial charge in [-0.3, -0.25) is 14.1 Å². The van der Waals surface area contributed by atoms with Crippen LogP contribution in [0.4, 0.5) is 4.79 Å². The van der Waals surface area contributed by atoms with E-state index in [0.29, 0.717) is 58.0 Å². The number of hydrogen-bond donors (Lipinski definition) is 5. The van der Waals surface area contributed by atoms with E-state index >= 15 is 0 Å². The summed E-state index contributed by atoms with van der Waals surface area (Å²) in [6.45, 7) is 0.675. The van der Waals surface area contributed by atoms with Crippen LogP contribution in [0.1, 0.15) is 86.1 Å². The van der Waals surface area contributed by atoms with Crippen LogP contribution in [0.3, 0.4) is 0 Å². The molecule has 2 aliphatic rings. The van der Waals surface area contributed by atoms with Crippen LogP contribution in [0.25, 0.3) is 0 Å². The highest BCUT2D eigenvalue weighted by Gasteiger charge is 2.36.